The molecule has 2 fully saturated rings. The first-order chi connectivity index (χ1) is 7.61. The van der Waals surface area contributed by atoms with Crippen LogP contribution in [0.2, 0.25) is 0 Å². The fraction of sp³-hybridized carbons (Fsp3) is 0.867. The Balaban J connectivity index is 1.86. The molecule has 90 valence electrons. The quantitative estimate of drug-likeness (QED) is 0.708. The minimum absolute atomic E-state index is 0.296. The van der Waals surface area contributed by atoms with Crippen LogP contribution in [0, 0.1) is 35.0 Å². The van der Waals surface area contributed by atoms with Crippen LogP contribution in [0.3, 0.4) is 0 Å². The van der Waals surface area contributed by atoms with Crippen LogP contribution < -0.4 is 0 Å². The van der Waals surface area contributed by atoms with Crippen LogP contribution in [-0.2, 0) is 0 Å². The Morgan fingerprint density at radius 1 is 1.44 bits per heavy atom. The van der Waals surface area contributed by atoms with Gasteiger partial charge in [0.2, 0.25) is 0 Å². The molecule has 1 nitrogen and oxygen atoms in total. The molecule has 3 aliphatic carbocycles. The Labute approximate surface area is 98.9 Å². The lowest BCUT2D eigenvalue weighted by atomic mass is 9.69. The topological polar surface area (TPSA) is 20.2 Å². The third-order valence-corrected chi connectivity index (χ3v) is 5.84. The SMILES string of the molecule is CC(C)[C@H]1CC[C@@H](C)[C@@]23CC(CO)=C[C@@H]2[C@@H]13. The van der Waals surface area contributed by atoms with E-state index in [-0.39, 0.29) is 0 Å². The predicted octanol–water partition coefficient (Wildman–Crippen LogP) is 3.24. The van der Waals surface area contributed by atoms with Crippen molar-refractivity contribution in [2.24, 2.45) is 35.0 Å². The van der Waals surface area contributed by atoms with Crippen molar-refractivity contribution in [1.82, 2.24) is 0 Å². The largest absolute Gasteiger partial charge is 0.392 e. The molecule has 0 unspecified atom stereocenters. The van der Waals surface area contributed by atoms with E-state index in [1.165, 1.54) is 24.8 Å². The van der Waals surface area contributed by atoms with Gasteiger partial charge in [0.05, 0.1) is 6.61 Å². The molecule has 16 heavy (non-hydrogen) atoms. The number of fused-ring (bicyclic) bond motifs is 1. The second kappa shape index (κ2) is 3.35. The molecule has 0 bridgehead atoms. The first-order valence-corrected chi connectivity index (χ1v) is 6.91. The zero-order valence-electron chi connectivity index (χ0n) is 10.7. The van der Waals surface area contributed by atoms with Crippen molar-refractivity contribution in [2.45, 2.75) is 40.0 Å². The van der Waals surface area contributed by atoms with Crippen LogP contribution in [-0.4, -0.2) is 11.7 Å². The third-order valence-electron chi connectivity index (χ3n) is 5.84. The van der Waals surface area contributed by atoms with Crippen LogP contribution in [0.4, 0.5) is 0 Å². The van der Waals surface area contributed by atoms with Crippen molar-refractivity contribution < 1.29 is 5.11 Å². The molecule has 0 aromatic carbocycles. The van der Waals surface area contributed by atoms with Gasteiger partial charge in [-0.15, -0.1) is 0 Å². The molecule has 0 aromatic rings. The second-order valence-electron chi connectivity index (χ2n) is 6.71. The smallest absolute Gasteiger partial charge is 0.0642 e. The molecule has 3 rings (SSSR count). The van der Waals surface area contributed by atoms with Crippen molar-refractivity contribution in [3.63, 3.8) is 0 Å². The van der Waals surface area contributed by atoms with Gasteiger partial charge >= 0.3 is 0 Å². The van der Waals surface area contributed by atoms with Crippen molar-refractivity contribution in [2.75, 3.05) is 6.61 Å². The summed E-state index contributed by atoms with van der Waals surface area (Å²) in [6.45, 7) is 7.51. The Morgan fingerprint density at radius 2 is 2.19 bits per heavy atom. The molecule has 1 heteroatoms. The van der Waals surface area contributed by atoms with E-state index in [1.807, 2.05) is 0 Å². The van der Waals surface area contributed by atoms with E-state index in [4.69, 9.17) is 0 Å². The van der Waals surface area contributed by atoms with Crippen LogP contribution in [0.5, 0.6) is 0 Å². The van der Waals surface area contributed by atoms with E-state index in [2.05, 4.69) is 26.8 Å². The summed E-state index contributed by atoms with van der Waals surface area (Å²) >= 11 is 0. The third kappa shape index (κ3) is 1.16. The van der Waals surface area contributed by atoms with Crippen LogP contribution >= 0.6 is 0 Å². The summed E-state index contributed by atoms with van der Waals surface area (Å²) in [5, 5.41) is 9.28. The van der Waals surface area contributed by atoms with E-state index < -0.39 is 0 Å². The van der Waals surface area contributed by atoms with Gasteiger partial charge in [0.25, 0.3) is 0 Å². The molecule has 0 heterocycles. The first kappa shape index (κ1) is 10.8. The fourth-order valence-electron chi connectivity index (χ4n) is 4.97. The zero-order valence-corrected chi connectivity index (χ0v) is 10.7. The summed E-state index contributed by atoms with van der Waals surface area (Å²) in [6.07, 6.45) is 6.46. The average molecular weight is 220 g/mol. The molecule has 0 saturated heterocycles. The lowest BCUT2D eigenvalue weighted by Crippen LogP contribution is -2.28. The Kier molecular flexibility index (Phi) is 2.27. The minimum atomic E-state index is 0.296. The first-order valence-electron chi connectivity index (χ1n) is 6.91. The molecule has 0 radical (unpaired) electrons. The van der Waals surface area contributed by atoms with Crippen molar-refractivity contribution in [1.29, 1.82) is 0 Å². The van der Waals surface area contributed by atoms with Crippen LogP contribution in [0.25, 0.3) is 0 Å². The van der Waals surface area contributed by atoms with E-state index in [0.29, 0.717) is 12.0 Å². The Bertz CT molecular complexity index is 330. The van der Waals surface area contributed by atoms with Crippen molar-refractivity contribution >= 4 is 0 Å². The summed E-state index contributed by atoms with van der Waals surface area (Å²) in [7, 11) is 0. The number of allylic oxidation sites excluding steroid dienone is 1. The maximum Gasteiger partial charge on any atom is 0.0642 e. The summed E-state index contributed by atoms with van der Waals surface area (Å²) in [5.41, 5.74) is 1.91. The maximum atomic E-state index is 9.28. The van der Waals surface area contributed by atoms with E-state index >= 15 is 0 Å². The van der Waals surface area contributed by atoms with Crippen LogP contribution in [0.15, 0.2) is 11.6 Å². The lowest BCUT2D eigenvalue weighted by Gasteiger charge is -2.35. The molecule has 1 N–H and O–H groups in total. The standard InChI is InChI=1S/C15H24O/c1-9(2)12-5-4-10(3)15-7-11(8-16)6-13(15)14(12)15/h6,9-10,12-14,16H,4-5,7-8H2,1-3H3/t10-,12-,13-,14-,15+/m1/s1. The molecule has 0 aliphatic heterocycles. The van der Waals surface area contributed by atoms with Gasteiger partial charge in [-0.2, -0.15) is 0 Å². The Hall–Kier alpha value is -0.300. The number of aliphatic hydroxyl groups is 1. The van der Waals surface area contributed by atoms with E-state index in [9.17, 15) is 5.11 Å². The van der Waals surface area contributed by atoms with Gasteiger partial charge in [0, 0.05) is 0 Å². The fourth-order valence-corrected chi connectivity index (χ4v) is 4.97. The van der Waals surface area contributed by atoms with Crippen LogP contribution in [0.1, 0.15) is 40.0 Å². The van der Waals surface area contributed by atoms with Gasteiger partial charge in [-0.05, 0) is 59.8 Å². The normalized spacial score (nSPS) is 49.9. The molecule has 2 saturated carbocycles. The zero-order chi connectivity index (χ0) is 11.5. The Morgan fingerprint density at radius 3 is 2.81 bits per heavy atom. The molecule has 1 spiro atoms. The van der Waals surface area contributed by atoms with Crippen molar-refractivity contribution in [3.8, 4) is 0 Å². The van der Waals surface area contributed by atoms with Gasteiger partial charge in [-0.3, -0.25) is 0 Å². The predicted molar refractivity (Wildman–Crippen MR) is 65.9 cm³/mol. The highest BCUT2D eigenvalue weighted by Gasteiger charge is 2.71. The maximum absolute atomic E-state index is 9.28. The highest BCUT2D eigenvalue weighted by atomic mass is 16.3. The van der Waals surface area contributed by atoms with Gasteiger partial charge in [-0.1, -0.05) is 26.8 Å². The van der Waals surface area contributed by atoms with Crippen molar-refractivity contribution in [3.05, 3.63) is 11.6 Å². The van der Waals surface area contributed by atoms with Gasteiger partial charge < -0.3 is 5.11 Å². The monoisotopic (exact) mass is 220 g/mol. The molecule has 3 aliphatic rings. The summed E-state index contributed by atoms with van der Waals surface area (Å²) in [5.74, 6) is 4.42. The number of rotatable bonds is 2. The molecule has 5 atom stereocenters. The number of hydrogen-bond donors (Lipinski definition) is 1. The number of hydrogen-bond acceptors (Lipinski definition) is 1. The average Bonchev–Trinajstić information content (AvgIpc) is 2.73. The highest BCUT2D eigenvalue weighted by Crippen LogP contribution is 2.77. The van der Waals surface area contributed by atoms with Gasteiger partial charge in [-0.25, -0.2) is 0 Å². The minimum Gasteiger partial charge on any atom is -0.392 e. The second-order valence-corrected chi connectivity index (χ2v) is 6.71. The number of aliphatic hydroxyl groups excluding tert-OH is 1. The molecule has 0 amide bonds. The van der Waals surface area contributed by atoms with Gasteiger partial charge in [0.15, 0.2) is 0 Å². The van der Waals surface area contributed by atoms with Gasteiger partial charge in [0.1, 0.15) is 0 Å². The molecular formula is C15H24O. The highest BCUT2D eigenvalue weighted by molar-refractivity contribution is 5.34. The van der Waals surface area contributed by atoms with E-state index in [0.717, 1.165) is 29.6 Å². The summed E-state index contributed by atoms with van der Waals surface area (Å²) < 4.78 is 0. The summed E-state index contributed by atoms with van der Waals surface area (Å²) in [4.78, 5) is 0. The molecular weight excluding hydrogens is 196 g/mol. The summed E-state index contributed by atoms with van der Waals surface area (Å²) in [6, 6.07) is 0. The molecule has 0 aromatic heterocycles. The lowest BCUT2D eigenvalue weighted by molar-refractivity contribution is 0.144. The van der Waals surface area contributed by atoms with E-state index in [1.54, 1.807) is 0 Å².